The number of hydrogen-bond donors (Lipinski definition) is 2. The SMILES string of the molecule is CCOC(Cc1ccc(OCCCOc2c(C(=O)O)cnc3cc(C(F)(F)F)ccc23)cc1)C(=O)O. The lowest BCUT2D eigenvalue weighted by Crippen LogP contribution is -2.26. The zero-order valence-electron chi connectivity index (χ0n) is 19.2. The summed E-state index contributed by atoms with van der Waals surface area (Å²) < 4.78 is 55.5. The van der Waals surface area contributed by atoms with Crippen LogP contribution in [0.2, 0.25) is 0 Å². The van der Waals surface area contributed by atoms with Gasteiger partial charge in [-0.3, -0.25) is 4.98 Å². The summed E-state index contributed by atoms with van der Waals surface area (Å²) in [5, 5.41) is 18.8. The Kier molecular flexibility index (Phi) is 8.70. The number of carboxylic acid groups (broad SMARTS) is 2. The quantitative estimate of drug-likeness (QED) is 0.335. The molecule has 1 aromatic heterocycles. The van der Waals surface area contributed by atoms with Crippen LogP contribution in [0.1, 0.15) is 34.8 Å². The molecule has 36 heavy (non-hydrogen) atoms. The number of pyridine rings is 1. The number of rotatable bonds is 12. The van der Waals surface area contributed by atoms with Crippen LogP contribution in [0.25, 0.3) is 10.9 Å². The predicted molar refractivity (Wildman–Crippen MR) is 123 cm³/mol. The second kappa shape index (κ2) is 11.7. The van der Waals surface area contributed by atoms with Crippen molar-refractivity contribution in [1.29, 1.82) is 0 Å². The number of benzene rings is 2. The van der Waals surface area contributed by atoms with Crippen molar-refractivity contribution in [2.75, 3.05) is 19.8 Å². The summed E-state index contributed by atoms with van der Waals surface area (Å²) in [7, 11) is 0. The van der Waals surface area contributed by atoms with Gasteiger partial charge in [-0.2, -0.15) is 13.2 Å². The molecule has 8 nitrogen and oxygen atoms in total. The highest BCUT2D eigenvalue weighted by Crippen LogP contribution is 2.34. The highest BCUT2D eigenvalue weighted by Gasteiger charge is 2.31. The van der Waals surface area contributed by atoms with Crippen molar-refractivity contribution in [1.82, 2.24) is 4.98 Å². The highest BCUT2D eigenvalue weighted by molar-refractivity contribution is 5.98. The Hall–Kier alpha value is -3.86. The summed E-state index contributed by atoms with van der Waals surface area (Å²) in [6.45, 7) is 2.28. The zero-order valence-corrected chi connectivity index (χ0v) is 19.2. The molecule has 0 spiro atoms. The molecule has 1 unspecified atom stereocenters. The predicted octanol–water partition coefficient (Wildman–Crippen LogP) is 4.83. The Bertz CT molecular complexity index is 1210. The Morgan fingerprint density at radius 2 is 1.72 bits per heavy atom. The van der Waals surface area contributed by atoms with Crippen molar-refractivity contribution >= 4 is 22.8 Å². The molecule has 192 valence electrons. The maximum Gasteiger partial charge on any atom is 0.416 e. The molecule has 0 aliphatic rings. The van der Waals surface area contributed by atoms with Gasteiger partial charge in [0.2, 0.25) is 0 Å². The van der Waals surface area contributed by atoms with Crippen LogP contribution in [0.4, 0.5) is 13.2 Å². The number of fused-ring (bicyclic) bond motifs is 1. The number of ether oxygens (including phenoxy) is 3. The third-order valence-corrected chi connectivity index (χ3v) is 5.17. The van der Waals surface area contributed by atoms with E-state index < -0.39 is 29.8 Å². The van der Waals surface area contributed by atoms with Gasteiger partial charge < -0.3 is 24.4 Å². The van der Waals surface area contributed by atoms with E-state index in [2.05, 4.69) is 4.98 Å². The van der Waals surface area contributed by atoms with Gasteiger partial charge in [-0.15, -0.1) is 0 Å². The second-order valence-electron chi connectivity index (χ2n) is 7.72. The number of alkyl halides is 3. The minimum Gasteiger partial charge on any atom is -0.493 e. The van der Waals surface area contributed by atoms with Crippen LogP contribution in [-0.2, 0) is 22.1 Å². The van der Waals surface area contributed by atoms with E-state index in [0.29, 0.717) is 12.2 Å². The molecule has 3 rings (SSSR count). The summed E-state index contributed by atoms with van der Waals surface area (Å²) in [5.41, 5.74) is -0.417. The molecule has 0 saturated carbocycles. The van der Waals surface area contributed by atoms with Gasteiger partial charge in [-0.05, 0) is 42.8 Å². The van der Waals surface area contributed by atoms with Crippen LogP contribution >= 0.6 is 0 Å². The van der Waals surface area contributed by atoms with Gasteiger partial charge in [0, 0.05) is 31.0 Å². The number of hydrogen-bond acceptors (Lipinski definition) is 6. The van der Waals surface area contributed by atoms with Gasteiger partial charge in [0.25, 0.3) is 0 Å². The molecular formula is C25H24F3NO7. The van der Waals surface area contributed by atoms with Crippen molar-refractivity contribution < 1.29 is 47.2 Å². The number of carbonyl (C=O) groups is 2. The van der Waals surface area contributed by atoms with Crippen molar-refractivity contribution in [2.24, 2.45) is 0 Å². The third kappa shape index (κ3) is 6.85. The normalized spacial score (nSPS) is 12.3. The Morgan fingerprint density at radius 3 is 2.33 bits per heavy atom. The summed E-state index contributed by atoms with van der Waals surface area (Å²) in [4.78, 5) is 26.6. The maximum absolute atomic E-state index is 13.0. The highest BCUT2D eigenvalue weighted by atomic mass is 19.4. The molecule has 0 radical (unpaired) electrons. The number of aromatic carboxylic acids is 1. The van der Waals surface area contributed by atoms with Gasteiger partial charge in [-0.1, -0.05) is 12.1 Å². The van der Waals surface area contributed by atoms with E-state index in [-0.39, 0.29) is 48.5 Å². The molecule has 1 heterocycles. The molecule has 0 aliphatic carbocycles. The van der Waals surface area contributed by atoms with E-state index in [9.17, 15) is 33.0 Å². The number of aliphatic carboxylic acids is 1. The number of nitrogens with zero attached hydrogens (tertiary/aromatic N) is 1. The standard InChI is InChI=1S/C25H24F3NO7/c1-2-34-21(24(32)33)12-15-4-7-17(8-5-15)35-10-3-11-36-22-18-9-6-16(25(26,27)28)13-20(18)29-14-19(22)23(30)31/h4-9,13-14,21H,2-3,10-12H2,1H3,(H,30,31)(H,32,33). The van der Waals surface area contributed by atoms with Crippen molar-refractivity contribution in [2.45, 2.75) is 32.0 Å². The summed E-state index contributed by atoms with van der Waals surface area (Å²) >= 11 is 0. The fourth-order valence-corrected chi connectivity index (χ4v) is 3.43. The largest absolute Gasteiger partial charge is 0.493 e. The van der Waals surface area contributed by atoms with Gasteiger partial charge in [0.05, 0.1) is 24.3 Å². The Balaban J connectivity index is 1.59. The molecule has 0 bridgehead atoms. The lowest BCUT2D eigenvalue weighted by Gasteiger charge is -2.14. The average Bonchev–Trinajstić information content (AvgIpc) is 2.83. The summed E-state index contributed by atoms with van der Waals surface area (Å²) in [5.74, 6) is -1.87. The van der Waals surface area contributed by atoms with Crippen LogP contribution in [0.5, 0.6) is 11.5 Å². The Labute approximate surface area is 204 Å². The van der Waals surface area contributed by atoms with E-state index in [1.807, 2.05) is 0 Å². The molecule has 11 heteroatoms. The van der Waals surface area contributed by atoms with E-state index in [0.717, 1.165) is 30.0 Å². The first kappa shape index (κ1) is 26.7. The van der Waals surface area contributed by atoms with E-state index in [1.54, 1.807) is 31.2 Å². The first-order chi connectivity index (χ1) is 17.1. The fraction of sp³-hybridized carbons (Fsp3) is 0.320. The van der Waals surface area contributed by atoms with Crippen LogP contribution in [0, 0.1) is 0 Å². The Morgan fingerprint density at radius 1 is 1.03 bits per heavy atom. The van der Waals surface area contributed by atoms with Crippen LogP contribution < -0.4 is 9.47 Å². The van der Waals surface area contributed by atoms with Crippen molar-refractivity contribution in [3.8, 4) is 11.5 Å². The van der Waals surface area contributed by atoms with Gasteiger partial charge in [0.1, 0.15) is 17.1 Å². The number of carboxylic acids is 2. The minimum absolute atomic E-state index is 0.0318. The van der Waals surface area contributed by atoms with Gasteiger partial charge in [-0.25, -0.2) is 9.59 Å². The topological polar surface area (TPSA) is 115 Å². The summed E-state index contributed by atoms with van der Waals surface area (Å²) in [6.07, 6.45) is -3.94. The van der Waals surface area contributed by atoms with Crippen molar-refractivity contribution in [3.05, 3.63) is 65.4 Å². The number of halogens is 3. The van der Waals surface area contributed by atoms with Crippen LogP contribution in [0.15, 0.2) is 48.7 Å². The lowest BCUT2D eigenvalue weighted by atomic mass is 10.1. The molecule has 2 aromatic carbocycles. The molecular weight excluding hydrogens is 483 g/mol. The molecule has 0 amide bonds. The van der Waals surface area contributed by atoms with Gasteiger partial charge in [0.15, 0.2) is 6.10 Å². The van der Waals surface area contributed by atoms with E-state index in [1.165, 1.54) is 0 Å². The lowest BCUT2D eigenvalue weighted by molar-refractivity contribution is -0.150. The van der Waals surface area contributed by atoms with E-state index >= 15 is 0 Å². The second-order valence-corrected chi connectivity index (χ2v) is 7.72. The molecule has 3 aromatic rings. The third-order valence-electron chi connectivity index (χ3n) is 5.17. The molecule has 0 saturated heterocycles. The maximum atomic E-state index is 13.0. The van der Waals surface area contributed by atoms with Crippen LogP contribution in [0.3, 0.4) is 0 Å². The molecule has 2 N–H and O–H groups in total. The zero-order chi connectivity index (χ0) is 26.3. The molecule has 1 atom stereocenters. The fourth-order valence-electron chi connectivity index (χ4n) is 3.43. The monoisotopic (exact) mass is 507 g/mol. The van der Waals surface area contributed by atoms with Crippen molar-refractivity contribution in [3.63, 3.8) is 0 Å². The summed E-state index contributed by atoms with van der Waals surface area (Å²) in [6, 6.07) is 9.69. The molecule has 0 aliphatic heterocycles. The smallest absolute Gasteiger partial charge is 0.416 e. The minimum atomic E-state index is -4.56. The van der Waals surface area contributed by atoms with E-state index in [4.69, 9.17) is 14.2 Å². The first-order valence-electron chi connectivity index (χ1n) is 11.0. The molecule has 0 fully saturated rings. The number of aromatic nitrogens is 1. The average molecular weight is 507 g/mol. The van der Waals surface area contributed by atoms with Gasteiger partial charge >= 0.3 is 18.1 Å². The van der Waals surface area contributed by atoms with Crippen LogP contribution in [-0.4, -0.2) is 53.1 Å². The first-order valence-corrected chi connectivity index (χ1v) is 11.0.